The second-order valence-corrected chi connectivity index (χ2v) is 10.2. The van der Waals surface area contributed by atoms with Gasteiger partial charge in [0, 0.05) is 7.05 Å². The Bertz CT molecular complexity index is 1460. The number of nitrogens with zero attached hydrogens (tertiary/aromatic N) is 3. The fourth-order valence-corrected chi connectivity index (χ4v) is 6.33. The monoisotopic (exact) mass is 510 g/mol. The van der Waals surface area contributed by atoms with Gasteiger partial charge in [-0.3, -0.25) is 0 Å². The number of aryl methyl sites for hydroxylation is 1. The molecule has 0 amide bonds. The molecule has 9 nitrogen and oxygen atoms in total. The number of aromatic amines is 1. The number of fused-ring (bicyclic) bond motifs is 2. The Hall–Kier alpha value is -3.44. The van der Waals surface area contributed by atoms with Crippen LogP contribution < -0.4 is 0 Å². The van der Waals surface area contributed by atoms with Gasteiger partial charge in [-0.25, -0.2) is 19.6 Å². The first-order valence-corrected chi connectivity index (χ1v) is 12.6. The maximum Gasteiger partial charge on any atom is 0.375 e. The number of thioether (sulfide) groups is 2. The molecule has 35 heavy (non-hydrogen) atoms. The molecule has 0 aliphatic carbocycles. The fraction of sp³-hybridized carbons (Fsp3) is 0.250. The predicted molar refractivity (Wildman–Crippen MR) is 133 cm³/mol. The fourth-order valence-electron chi connectivity index (χ4n) is 3.98. The highest BCUT2D eigenvalue weighted by atomic mass is 32.2. The predicted octanol–water partition coefficient (Wildman–Crippen LogP) is 4.35. The molecule has 3 heterocycles. The highest BCUT2D eigenvalue weighted by Gasteiger charge is 2.60. The van der Waals surface area contributed by atoms with Crippen molar-refractivity contribution in [1.29, 1.82) is 0 Å². The third-order valence-electron chi connectivity index (χ3n) is 5.75. The molecule has 2 unspecified atom stereocenters. The van der Waals surface area contributed by atoms with Gasteiger partial charge in [-0.2, -0.15) is 0 Å². The Morgan fingerprint density at radius 1 is 1.20 bits per heavy atom. The summed E-state index contributed by atoms with van der Waals surface area (Å²) >= 11 is 2.23. The number of aliphatic hydroxyl groups is 1. The van der Waals surface area contributed by atoms with Gasteiger partial charge in [-0.1, -0.05) is 36.0 Å². The molecule has 0 bridgehead atoms. The maximum absolute atomic E-state index is 13.4. The first-order chi connectivity index (χ1) is 16.8. The number of cyclic esters (lactones) is 1. The quantitative estimate of drug-likeness (QED) is 0.276. The summed E-state index contributed by atoms with van der Waals surface area (Å²) in [6.45, 7) is 3.47. The third-order valence-corrected chi connectivity index (χ3v) is 8.10. The number of ether oxygens (including phenoxy) is 2. The zero-order valence-electron chi connectivity index (χ0n) is 19.1. The summed E-state index contributed by atoms with van der Waals surface area (Å²) in [5, 5.41) is 11.1. The molecule has 11 heteroatoms. The number of imidazole rings is 2. The summed E-state index contributed by atoms with van der Waals surface area (Å²) in [6.07, 6.45) is 0. The Morgan fingerprint density at radius 2 is 1.91 bits per heavy atom. The van der Waals surface area contributed by atoms with Crippen LogP contribution in [0.5, 0.6) is 0 Å². The van der Waals surface area contributed by atoms with Gasteiger partial charge < -0.3 is 24.1 Å². The summed E-state index contributed by atoms with van der Waals surface area (Å²) in [5.74, 6) is -2.39. The molecule has 4 aromatic rings. The number of H-pyrrole nitrogens is 1. The van der Waals surface area contributed by atoms with Crippen molar-refractivity contribution in [3.63, 3.8) is 0 Å². The van der Waals surface area contributed by atoms with E-state index in [1.54, 1.807) is 13.8 Å². The summed E-state index contributed by atoms with van der Waals surface area (Å²) in [7, 11) is 1.82. The molecule has 0 saturated heterocycles. The number of hydrogen-bond donors (Lipinski definition) is 2. The first kappa shape index (κ1) is 23.3. The number of aliphatic hydroxyl groups excluding tert-OH is 1. The van der Waals surface area contributed by atoms with Crippen molar-refractivity contribution in [2.24, 2.45) is 7.05 Å². The van der Waals surface area contributed by atoms with Gasteiger partial charge in [0.15, 0.2) is 10.3 Å². The number of esters is 2. The van der Waals surface area contributed by atoms with Gasteiger partial charge in [0.25, 0.3) is 5.60 Å². The van der Waals surface area contributed by atoms with E-state index in [0.29, 0.717) is 10.3 Å². The van der Waals surface area contributed by atoms with Crippen molar-refractivity contribution in [3.8, 4) is 0 Å². The molecule has 0 radical (unpaired) electrons. The van der Waals surface area contributed by atoms with Crippen LogP contribution in [0.15, 0.2) is 69.5 Å². The lowest BCUT2D eigenvalue weighted by Crippen LogP contribution is -2.49. The van der Waals surface area contributed by atoms with Crippen molar-refractivity contribution < 1.29 is 24.2 Å². The van der Waals surface area contributed by atoms with E-state index in [-0.39, 0.29) is 11.5 Å². The minimum Gasteiger partial charge on any atom is -0.501 e. The number of aromatic nitrogens is 4. The average Bonchev–Trinajstić information content (AvgIpc) is 3.48. The standard InChI is InChI=1S/C24H22N4O5S2/c1-4-32-21(31)24(13(2)34-22-25-14-9-5-6-10-15(14)26-22)19(18(29)20(30)33-24)35-23-27-16-11-7-8-12-17(16)28(23)3/h5-13,29H,4H2,1-3H3,(H,25,26). The molecule has 5 rings (SSSR count). The SMILES string of the molecule is CCOC(=O)C1(C(C)Sc2nc3ccccc3[nH]2)OC(=O)C(O)=C1Sc1nc2ccccc2n1C. The summed E-state index contributed by atoms with van der Waals surface area (Å²) in [5.41, 5.74) is 1.33. The number of carbonyl (C=O) groups is 2. The molecule has 2 N–H and O–H groups in total. The molecule has 0 fully saturated rings. The van der Waals surface area contributed by atoms with Crippen LogP contribution in [-0.2, 0) is 26.1 Å². The normalized spacial score (nSPS) is 18.9. The zero-order valence-corrected chi connectivity index (χ0v) is 20.8. The molecular weight excluding hydrogens is 488 g/mol. The largest absolute Gasteiger partial charge is 0.501 e. The lowest BCUT2D eigenvalue weighted by Gasteiger charge is -2.32. The van der Waals surface area contributed by atoms with Gasteiger partial charge in [0.1, 0.15) is 0 Å². The van der Waals surface area contributed by atoms with E-state index in [2.05, 4.69) is 15.0 Å². The second kappa shape index (κ2) is 8.97. The van der Waals surface area contributed by atoms with Gasteiger partial charge in [0.2, 0.25) is 5.76 Å². The number of nitrogens with one attached hydrogen (secondary N) is 1. The first-order valence-electron chi connectivity index (χ1n) is 10.9. The molecule has 1 aliphatic rings. The number of para-hydroxylation sites is 4. The number of carbonyl (C=O) groups excluding carboxylic acids is 2. The molecule has 2 aromatic heterocycles. The van der Waals surface area contributed by atoms with Crippen LogP contribution in [0.3, 0.4) is 0 Å². The van der Waals surface area contributed by atoms with Gasteiger partial charge in [-0.05, 0) is 49.9 Å². The van der Waals surface area contributed by atoms with E-state index >= 15 is 0 Å². The van der Waals surface area contributed by atoms with E-state index in [1.165, 1.54) is 11.8 Å². The lowest BCUT2D eigenvalue weighted by molar-refractivity contribution is -0.171. The van der Waals surface area contributed by atoms with Crippen LogP contribution >= 0.6 is 23.5 Å². The summed E-state index contributed by atoms with van der Waals surface area (Å²) < 4.78 is 12.8. The van der Waals surface area contributed by atoms with Crippen LogP contribution in [0.1, 0.15) is 13.8 Å². The van der Waals surface area contributed by atoms with Gasteiger partial charge in [0.05, 0.1) is 38.8 Å². The number of rotatable bonds is 7. The summed E-state index contributed by atoms with van der Waals surface area (Å²) in [6, 6.07) is 15.1. The van der Waals surface area contributed by atoms with Gasteiger partial charge in [-0.15, -0.1) is 0 Å². The Kier molecular flexibility index (Phi) is 5.97. The molecule has 180 valence electrons. The molecule has 0 saturated carbocycles. The van der Waals surface area contributed by atoms with Crippen LogP contribution in [0.2, 0.25) is 0 Å². The summed E-state index contributed by atoms with van der Waals surface area (Å²) in [4.78, 5) is 38.5. The van der Waals surface area contributed by atoms with E-state index < -0.39 is 28.5 Å². The van der Waals surface area contributed by atoms with Crippen LogP contribution in [0.4, 0.5) is 0 Å². The van der Waals surface area contributed by atoms with Gasteiger partial charge >= 0.3 is 11.9 Å². The van der Waals surface area contributed by atoms with E-state index in [4.69, 9.17) is 9.47 Å². The van der Waals surface area contributed by atoms with Crippen LogP contribution in [0, 0.1) is 0 Å². The van der Waals surface area contributed by atoms with E-state index in [0.717, 1.165) is 33.8 Å². The van der Waals surface area contributed by atoms with Crippen molar-refractivity contribution in [2.45, 2.75) is 35.0 Å². The number of hydrogen-bond acceptors (Lipinski definition) is 9. The van der Waals surface area contributed by atoms with E-state index in [1.807, 2.05) is 60.1 Å². The third kappa shape index (κ3) is 3.84. The van der Waals surface area contributed by atoms with Crippen LogP contribution in [-0.4, -0.2) is 54.0 Å². The highest BCUT2D eigenvalue weighted by molar-refractivity contribution is 8.03. The molecule has 2 aromatic carbocycles. The van der Waals surface area contributed by atoms with Crippen molar-refractivity contribution in [2.75, 3.05) is 6.61 Å². The van der Waals surface area contributed by atoms with Crippen molar-refractivity contribution in [1.82, 2.24) is 19.5 Å². The topological polar surface area (TPSA) is 119 Å². The van der Waals surface area contributed by atoms with Crippen molar-refractivity contribution in [3.05, 3.63) is 59.2 Å². The molecule has 0 spiro atoms. The molecule has 2 atom stereocenters. The average molecular weight is 511 g/mol. The lowest BCUT2D eigenvalue weighted by atomic mass is 10.00. The molecular formula is C24H22N4O5S2. The molecule has 1 aliphatic heterocycles. The number of benzene rings is 2. The zero-order chi connectivity index (χ0) is 24.7. The smallest absolute Gasteiger partial charge is 0.375 e. The second-order valence-electron chi connectivity index (χ2n) is 7.89. The van der Waals surface area contributed by atoms with E-state index in [9.17, 15) is 14.7 Å². The minimum absolute atomic E-state index is 0.0375. The van der Waals surface area contributed by atoms with Crippen LogP contribution in [0.25, 0.3) is 22.1 Å². The maximum atomic E-state index is 13.4. The minimum atomic E-state index is -1.89. The van der Waals surface area contributed by atoms with Crippen molar-refractivity contribution >= 4 is 57.5 Å². The highest BCUT2D eigenvalue weighted by Crippen LogP contribution is 2.49. The Labute approximate surface area is 208 Å². The Morgan fingerprint density at radius 3 is 2.63 bits per heavy atom. The Balaban J connectivity index is 1.57.